The van der Waals surface area contributed by atoms with Gasteiger partial charge in [0.15, 0.2) is 0 Å². The number of carbonyl (C=O) groups excluding carboxylic acids is 1. The van der Waals surface area contributed by atoms with Crippen LogP contribution in [0.25, 0.3) is 0 Å². The van der Waals surface area contributed by atoms with Crippen molar-refractivity contribution in [3.63, 3.8) is 0 Å². The van der Waals surface area contributed by atoms with Crippen LogP contribution in [0.15, 0.2) is 5.38 Å². The monoisotopic (exact) mass is 284 g/mol. The average Bonchev–Trinajstić information content (AvgIpc) is 2.75. The zero-order chi connectivity index (χ0) is 14.4. The Morgan fingerprint density at radius 1 is 1.53 bits per heavy atom. The highest BCUT2D eigenvalue weighted by Crippen LogP contribution is 2.10. The normalized spacial score (nSPS) is 13.0. The molecule has 3 N–H and O–H groups in total. The number of nitrogens with two attached hydrogens (primary N) is 1. The van der Waals surface area contributed by atoms with E-state index in [1.807, 2.05) is 14.1 Å². The van der Waals surface area contributed by atoms with Crippen LogP contribution in [-0.2, 0) is 6.54 Å². The molecule has 0 aliphatic carbocycles. The van der Waals surface area contributed by atoms with Crippen molar-refractivity contribution < 1.29 is 4.79 Å². The molecule has 0 saturated carbocycles. The minimum atomic E-state index is -0.108. The van der Waals surface area contributed by atoms with Crippen LogP contribution < -0.4 is 11.1 Å². The van der Waals surface area contributed by atoms with Crippen LogP contribution in [0, 0.1) is 5.92 Å². The van der Waals surface area contributed by atoms with E-state index < -0.39 is 0 Å². The first-order valence-electron chi connectivity index (χ1n) is 6.52. The molecular weight excluding hydrogens is 260 g/mol. The van der Waals surface area contributed by atoms with Crippen molar-refractivity contribution in [1.29, 1.82) is 0 Å². The van der Waals surface area contributed by atoms with Crippen molar-refractivity contribution in [2.24, 2.45) is 11.7 Å². The minimum absolute atomic E-state index is 0.108. The van der Waals surface area contributed by atoms with E-state index in [4.69, 9.17) is 5.73 Å². The van der Waals surface area contributed by atoms with Gasteiger partial charge < -0.3 is 16.0 Å². The van der Waals surface area contributed by atoms with Gasteiger partial charge in [0.25, 0.3) is 5.91 Å². The Labute approximate surface area is 119 Å². The Morgan fingerprint density at radius 2 is 2.21 bits per heavy atom. The molecule has 19 heavy (non-hydrogen) atoms. The van der Waals surface area contributed by atoms with Gasteiger partial charge in [0.1, 0.15) is 10.7 Å². The van der Waals surface area contributed by atoms with E-state index in [1.54, 1.807) is 5.38 Å². The largest absolute Gasteiger partial charge is 0.347 e. The minimum Gasteiger partial charge on any atom is -0.347 e. The Bertz CT molecular complexity index is 393. The molecule has 0 spiro atoms. The van der Waals surface area contributed by atoms with Crippen LogP contribution in [0.5, 0.6) is 0 Å². The van der Waals surface area contributed by atoms with Crippen molar-refractivity contribution in [3.8, 4) is 0 Å². The fourth-order valence-electron chi connectivity index (χ4n) is 1.96. The lowest BCUT2D eigenvalue weighted by Crippen LogP contribution is -2.42. The highest BCUT2D eigenvalue weighted by molar-refractivity contribution is 7.09. The van der Waals surface area contributed by atoms with Gasteiger partial charge >= 0.3 is 0 Å². The molecule has 108 valence electrons. The third kappa shape index (κ3) is 5.67. The zero-order valence-corrected chi connectivity index (χ0v) is 13.0. The van der Waals surface area contributed by atoms with Gasteiger partial charge in [0.05, 0.1) is 0 Å². The summed E-state index contributed by atoms with van der Waals surface area (Å²) in [4.78, 5) is 18.4. The number of nitrogens with zero attached hydrogens (tertiary/aromatic N) is 2. The first-order valence-corrected chi connectivity index (χ1v) is 7.40. The second-order valence-electron chi connectivity index (χ2n) is 5.39. The summed E-state index contributed by atoms with van der Waals surface area (Å²) >= 11 is 1.43. The zero-order valence-electron chi connectivity index (χ0n) is 12.1. The van der Waals surface area contributed by atoms with E-state index in [1.165, 1.54) is 11.3 Å². The van der Waals surface area contributed by atoms with E-state index >= 15 is 0 Å². The molecule has 0 radical (unpaired) electrons. The highest BCUT2D eigenvalue weighted by atomic mass is 32.1. The first kappa shape index (κ1) is 16.1. The maximum absolute atomic E-state index is 12.1. The summed E-state index contributed by atoms with van der Waals surface area (Å²) in [6.07, 6.45) is 0.956. The van der Waals surface area contributed by atoms with Gasteiger partial charge in [-0.2, -0.15) is 0 Å². The Kier molecular flexibility index (Phi) is 6.41. The van der Waals surface area contributed by atoms with Crippen LogP contribution in [0.3, 0.4) is 0 Å². The number of amides is 1. The molecule has 0 saturated heterocycles. The number of nitrogens with one attached hydrogen (secondary N) is 1. The predicted octanol–water partition coefficient (Wildman–Crippen LogP) is 1.31. The summed E-state index contributed by atoms with van der Waals surface area (Å²) in [5.41, 5.74) is 5.98. The topological polar surface area (TPSA) is 71.2 Å². The van der Waals surface area contributed by atoms with Crippen LogP contribution in [0.1, 0.15) is 35.8 Å². The smallest absolute Gasteiger partial charge is 0.271 e. The number of hydrogen-bond acceptors (Lipinski definition) is 5. The Morgan fingerprint density at radius 3 is 2.68 bits per heavy atom. The number of thiazole rings is 1. The second kappa shape index (κ2) is 7.57. The van der Waals surface area contributed by atoms with Gasteiger partial charge in [0, 0.05) is 24.5 Å². The summed E-state index contributed by atoms with van der Waals surface area (Å²) in [5.74, 6) is 0.434. The quantitative estimate of drug-likeness (QED) is 0.792. The van der Waals surface area contributed by atoms with Gasteiger partial charge in [-0.3, -0.25) is 4.79 Å². The lowest BCUT2D eigenvalue weighted by Gasteiger charge is -2.23. The van der Waals surface area contributed by atoms with E-state index in [2.05, 4.69) is 29.0 Å². The number of hydrogen-bond donors (Lipinski definition) is 2. The SMILES string of the molecule is CC(C)CC(CN(C)C)NC(=O)c1csc(CN)n1. The highest BCUT2D eigenvalue weighted by Gasteiger charge is 2.17. The van der Waals surface area contributed by atoms with E-state index in [0.717, 1.165) is 18.0 Å². The Balaban J connectivity index is 2.64. The number of carbonyl (C=O) groups is 1. The average molecular weight is 284 g/mol. The molecule has 1 amide bonds. The molecule has 6 heteroatoms. The third-order valence-electron chi connectivity index (χ3n) is 2.64. The molecule has 0 aliphatic rings. The molecule has 0 aliphatic heterocycles. The van der Waals surface area contributed by atoms with Gasteiger partial charge in [-0.1, -0.05) is 13.8 Å². The maximum Gasteiger partial charge on any atom is 0.271 e. The lowest BCUT2D eigenvalue weighted by atomic mass is 10.0. The van der Waals surface area contributed by atoms with Crippen molar-refractivity contribution >= 4 is 17.2 Å². The summed E-state index contributed by atoms with van der Waals surface area (Å²) in [5, 5.41) is 5.61. The van der Waals surface area contributed by atoms with Crippen LogP contribution in [-0.4, -0.2) is 42.5 Å². The molecule has 0 aromatic carbocycles. The van der Waals surface area contributed by atoms with Crippen molar-refractivity contribution in [2.45, 2.75) is 32.9 Å². The lowest BCUT2D eigenvalue weighted by molar-refractivity contribution is 0.0920. The molecule has 1 unspecified atom stereocenters. The number of aromatic nitrogens is 1. The Hall–Kier alpha value is -0.980. The van der Waals surface area contributed by atoms with Crippen LogP contribution in [0.2, 0.25) is 0 Å². The molecule has 1 atom stereocenters. The predicted molar refractivity (Wildman–Crippen MR) is 79.3 cm³/mol. The van der Waals surface area contributed by atoms with Gasteiger partial charge in [-0.05, 0) is 26.4 Å². The van der Waals surface area contributed by atoms with Gasteiger partial charge in [0.2, 0.25) is 0 Å². The molecule has 1 rings (SSSR count). The molecule has 1 heterocycles. The van der Waals surface area contributed by atoms with E-state index in [9.17, 15) is 4.79 Å². The molecular formula is C13H24N4OS. The molecule has 1 aromatic heterocycles. The maximum atomic E-state index is 12.1. The fourth-order valence-corrected chi connectivity index (χ4v) is 2.61. The van der Waals surface area contributed by atoms with Gasteiger partial charge in [-0.15, -0.1) is 11.3 Å². The standard InChI is InChI=1S/C13H24N4OS/c1-9(2)5-10(7-17(3)4)15-13(18)11-8-19-12(6-14)16-11/h8-10H,5-7,14H2,1-4H3,(H,15,18). The molecule has 0 bridgehead atoms. The summed E-state index contributed by atoms with van der Waals surface area (Å²) < 4.78 is 0. The van der Waals surface area contributed by atoms with E-state index in [0.29, 0.717) is 18.2 Å². The molecule has 0 fully saturated rings. The molecule has 1 aromatic rings. The van der Waals surface area contributed by atoms with E-state index in [-0.39, 0.29) is 11.9 Å². The van der Waals surface area contributed by atoms with Crippen molar-refractivity contribution in [1.82, 2.24) is 15.2 Å². The first-order chi connectivity index (χ1) is 8.92. The summed E-state index contributed by atoms with van der Waals surface area (Å²) in [6, 6.07) is 0.144. The number of likely N-dealkylation sites (N-methyl/N-ethyl adjacent to an activating group) is 1. The molecule has 5 nitrogen and oxygen atoms in total. The third-order valence-corrected chi connectivity index (χ3v) is 3.51. The van der Waals surface area contributed by atoms with Crippen LogP contribution >= 0.6 is 11.3 Å². The second-order valence-corrected chi connectivity index (χ2v) is 6.34. The van der Waals surface area contributed by atoms with Crippen molar-refractivity contribution in [2.75, 3.05) is 20.6 Å². The fraction of sp³-hybridized carbons (Fsp3) is 0.692. The summed E-state index contributed by atoms with van der Waals surface area (Å²) in [7, 11) is 4.02. The van der Waals surface area contributed by atoms with Gasteiger partial charge in [-0.25, -0.2) is 4.98 Å². The summed E-state index contributed by atoms with van der Waals surface area (Å²) in [6.45, 7) is 5.53. The van der Waals surface area contributed by atoms with Crippen molar-refractivity contribution in [3.05, 3.63) is 16.1 Å². The van der Waals surface area contributed by atoms with Crippen LogP contribution in [0.4, 0.5) is 0 Å². The number of rotatable bonds is 7.